The second-order valence-corrected chi connectivity index (χ2v) is 8.90. The van der Waals surface area contributed by atoms with Crippen molar-refractivity contribution in [2.24, 2.45) is 5.14 Å². The van der Waals surface area contributed by atoms with Crippen LogP contribution in [-0.4, -0.2) is 52.6 Å². The molecule has 1 fully saturated rings. The molecule has 0 amide bonds. The van der Waals surface area contributed by atoms with Gasteiger partial charge in [0.25, 0.3) is 0 Å². The fourth-order valence-corrected chi connectivity index (χ4v) is 3.92. The maximum atomic E-state index is 11.4. The van der Waals surface area contributed by atoms with E-state index >= 15 is 0 Å². The predicted molar refractivity (Wildman–Crippen MR) is 112 cm³/mol. The molecule has 152 valence electrons. The fraction of sp³-hybridized carbons (Fsp3) is 0.429. The second-order valence-electron chi connectivity index (χ2n) is 7.34. The highest BCUT2D eigenvalue weighted by Gasteiger charge is 2.17. The van der Waals surface area contributed by atoms with Crippen molar-refractivity contribution in [3.05, 3.63) is 53.6 Å². The maximum Gasteiger partial charge on any atom is 0.238 e. The van der Waals surface area contributed by atoms with Gasteiger partial charge in [-0.1, -0.05) is 12.1 Å². The van der Waals surface area contributed by atoms with Crippen LogP contribution < -0.4 is 14.8 Å². The van der Waals surface area contributed by atoms with Crippen LogP contribution in [0.4, 0.5) is 5.69 Å². The van der Waals surface area contributed by atoms with E-state index in [0.29, 0.717) is 0 Å². The number of hydrogen-bond donors (Lipinski definition) is 1. The molecule has 6 nitrogen and oxygen atoms in total. The van der Waals surface area contributed by atoms with E-state index in [4.69, 9.17) is 9.88 Å². The van der Waals surface area contributed by atoms with Gasteiger partial charge < -0.3 is 9.64 Å². The number of primary sulfonamides is 1. The van der Waals surface area contributed by atoms with Gasteiger partial charge in [-0.25, -0.2) is 13.6 Å². The Morgan fingerprint density at radius 2 is 1.68 bits per heavy atom. The van der Waals surface area contributed by atoms with Crippen LogP contribution in [-0.2, 0) is 10.0 Å². The molecular formula is C21H29N3O3S. The SMILES string of the molecule is Cc1ccc(C)c(OCCCN2CCN(c3ccc(S(N)(=O)=O)cc3)CC2)c1. The molecule has 2 aromatic rings. The molecule has 1 saturated heterocycles. The van der Waals surface area contributed by atoms with Crippen molar-refractivity contribution < 1.29 is 13.2 Å². The summed E-state index contributed by atoms with van der Waals surface area (Å²) in [5.74, 6) is 0.979. The average Bonchev–Trinajstić information content (AvgIpc) is 2.68. The third-order valence-corrected chi connectivity index (χ3v) is 6.05. The summed E-state index contributed by atoms with van der Waals surface area (Å²) in [4.78, 5) is 4.87. The zero-order valence-corrected chi connectivity index (χ0v) is 17.4. The highest BCUT2D eigenvalue weighted by molar-refractivity contribution is 7.89. The molecule has 1 aliphatic heterocycles. The lowest BCUT2D eigenvalue weighted by Crippen LogP contribution is -2.46. The molecule has 0 aromatic heterocycles. The van der Waals surface area contributed by atoms with E-state index in [1.807, 2.05) is 12.1 Å². The van der Waals surface area contributed by atoms with Gasteiger partial charge in [-0.2, -0.15) is 0 Å². The maximum absolute atomic E-state index is 11.4. The minimum Gasteiger partial charge on any atom is -0.493 e. The van der Waals surface area contributed by atoms with E-state index < -0.39 is 10.0 Å². The zero-order chi connectivity index (χ0) is 20.1. The molecule has 7 heteroatoms. The third-order valence-electron chi connectivity index (χ3n) is 5.12. The monoisotopic (exact) mass is 403 g/mol. The molecule has 0 atom stereocenters. The Labute approximate surface area is 168 Å². The van der Waals surface area contributed by atoms with E-state index in [9.17, 15) is 8.42 Å². The van der Waals surface area contributed by atoms with Crippen LogP contribution in [0.15, 0.2) is 47.4 Å². The van der Waals surface area contributed by atoms with Gasteiger partial charge in [0.05, 0.1) is 11.5 Å². The average molecular weight is 404 g/mol. The number of piperazine rings is 1. The first-order valence-electron chi connectivity index (χ1n) is 9.63. The summed E-state index contributed by atoms with van der Waals surface area (Å²) in [6.45, 7) is 9.71. The number of ether oxygens (including phenoxy) is 1. The molecule has 3 rings (SSSR count). The van der Waals surface area contributed by atoms with E-state index in [1.54, 1.807) is 12.1 Å². The highest BCUT2D eigenvalue weighted by Crippen LogP contribution is 2.20. The van der Waals surface area contributed by atoms with Crippen LogP contribution >= 0.6 is 0 Å². The van der Waals surface area contributed by atoms with E-state index in [1.165, 1.54) is 11.1 Å². The molecule has 0 aliphatic carbocycles. The Morgan fingerprint density at radius 3 is 2.32 bits per heavy atom. The topological polar surface area (TPSA) is 75.9 Å². The first-order valence-corrected chi connectivity index (χ1v) is 11.2. The van der Waals surface area contributed by atoms with Crippen LogP contribution in [0.25, 0.3) is 0 Å². The first kappa shape index (κ1) is 20.6. The van der Waals surface area contributed by atoms with E-state index in [0.717, 1.165) is 57.2 Å². The fourth-order valence-electron chi connectivity index (χ4n) is 3.41. The molecule has 0 spiro atoms. The molecule has 0 bridgehead atoms. The first-order chi connectivity index (χ1) is 13.3. The number of rotatable bonds is 7. The van der Waals surface area contributed by atoms with Gasteiger partial charge in [0.2, 0.25) is 10.0 Å². The Morgan fingerprint density at radius 1 is 1.00 bits per heavy atom. The van der Waals surface area contributed by atoms with Crippen molar-refractivity contribution in [2.45, 2.75) is 25.2 Å². The van der Waals surface area contributed by atoms with Crippen molar-refractivity contribution in [2.75, 3.05) is 44.2 Å². The third kappa shape index (κ3) is 5.47. The molecule has 28 heavy (non-hydrogen) atoms. The number of nitrogens with two attached hydrogens (primary N) is 1. The van der Waals surface area contributed by atoms with Crippen molar-refractivity contribution in [3.8, 4) is 5.75 Å². The summed E-state index contributed by atoms with van der Waals surface area (Å²) in [6, 6.07) is 13.1. The number of nitrogens with zero attached hydrogens (tertiary/aromatic N) is 2. The lowest BCUT2D eigenvalue weighted by molar-refractivity contribution is 0.224. The minimum atomic E-state index is -3.64. The van der Waals surface area contributed by atoms with Crippen molar-refractivity contribution >= 4 is 15.7 Å². The summed E-state index contributed by atoms with van der Waals surface area (Å²) >= 11 is 0. The number of sulfonamides is 1. The summed E-state index contributed by atoms with van der Waals surface area (Å²) in [5, 5.41) is 5.16. The quantitative estimate of drug-likeness (QED) is 0.719. The number of hydrogen-bond acceptors (Lipinski definition) is 5. The summed E-state index contributed by atoms with van der Waals surface area (Å²) in [5.41, 5.74) is 3.42. The van der Waals surface area contributed by atoms with Crippen molar-refractivity contribution in [1.82, 2.24) is 4.90 Å². The van der Waals surface area contributed by atoms with Gasteiger partial charge in [-0.3, -0.25) is 4.90 Å². The molecule has 2 aromatic carbocycles. The van der Waals surface area contributed by atoms with Gasteiger partial charge in [-0.05, 0) is 61.7 Å². The standard InChI is InChI=1S/C21H29N3O3S/c1-17-4-5-18(2)21(16-17)27-15-3-10-23-11-13-24(14-12-23)19-6-8-20(9-7-19)28(22,25)26/h4-9,16H,3,10-15H2,1-2H3,(H2,22,25,26). The Hall–Kier alpha value is -2.09. The smallest absolute Gasteiger partial charge is 0.238 e. The second kappa shape index (κ2) is 8.94. The molecule has 0 radical (unpaired) electrons. The Kier molecular flexibility index (Phi) is 6.59. The van der Waals surface area contributed by atoms with Gasteiger partial charge in [-0.15, -0.1) is 0 Å². The zero-order valence-electron chi connectivity index (χ0n) is 16.6. The molecule has 1 heterocycles. The molecule has 0 unspecified atom stereocenters. The van der Waals surface area contributed by atoms with Gasteiger partial charge in [0.15, 0.2) is 0 Å². The lowest BCUT2D eigenvalue weighted by atomic mass is 10.1. The highest BCUT2D eigenvalue weighted by atomic mass is 32.2. The molecule has 1 aliphatic rings. The van der Waals surface area contributed by atoms with Crippen LogP contribution in [0.1, 0.15) is 17.5 Å². The lowest BCUT2D eigenvalue weighted by Gasteiger charge is -2.36. The summed E-state index contributed by atoms with van der Waals surface area (Å²) in [6.07, 6.45) is 0.996. The summed E-state index contributed by atoms with van der Waals surface area (Å²) in [7, 11) is -3.64. The van der Waals surface area contributed by atoms with Crippen LogP contribution in [0, 0.1) is 13.8 Å². The van der Waals surface area contributed by atoms with Crippen LogP contribution in [0.2, 0.25) is 0 Å². The number of benzene rings is 2. The van der Waals surface area contributed by atoms with E-state index in [-0.39, 0.29) is 4.90 Å². The van der Waals surface area contributed by atoms with Gasteiger partial charge in [0.1, 0.15) is 5.75 Å². The molecular weight excluding hydrogens is 374 g/mol. The Balaban J connectivity index is 1.41. The molecule has 0 saturated carbocycles. The summed E-state index contributed by atoms with van der Waals surface area (Å²) < 4.78 is 28.7. The number of anilines is 1. The normalized spacial score (nSPS) is 15.6. The predicted octanol–water partition coefficient (Wildman–Crippen LogP) is 2.54. The number of aryl methyl sites for hydroxylation is 2. The van der Waals surface area contributed by atoms with Gasteiger partial charge >= 0.3 is 0 Å². The van der Waals surface area contributed by atoms with Crippen molar-refractivity contribution in [3.63, 3.8) is 0 Å². The Bertz CT molecular complexity index is 890. The minimum absolute atomic E-state index is 0.152. The molecule has 2 N–H and O–H groups in total. The van der Waals surface area contributed by atoms with Gasteiger partial charge in [0, 0.05) is 38.4 Å². The van der Waals surface area contributed by atoms with Crippen LogP contribution in [0.3, 0.4) is 0 Å². The van der Waals surface area contributed by atoms with E-state index in [2.05, 4.69) is 41.8 Å². The van der Waals surface area contributed by atoms with Crippen molar-refractivity contribution in [1.29, 1.82) is 0 Å². The van der Waals surface area contributed by atoms with Crippen LogP contribution in [0.5, 0.6) is 5.75 Å². The largest absolute Gasteiger partial charge is 0.493 e.